The van der Waals surface area contributed by atoms with E-state index in [1.165, 1.54) is 0 Å². The predicted octanol–water partition coefficient (Wildman–Crippen LogP) is 1.08. The smallest absolute Gasteiger partial charge is 0.227 e. The molecule has 2 aliphatic rings. The van der Waals surface area contributed by atoms with Gasteiger partial charge in [0.05, 0.1) is 24.1 Å². The number of pyridine rings is 1. The maximum atomic E-state index is 9.57. The van der Waals surface area contributed by atoms with Crippen LogP contribution in [0.1, 0.15) is 18.0 Å². The van der Waals surface area contributed by atoms with Gasteiger partial charge in [-0.1, -0.05) is 0 Å². The highest BCUT2D eigenvalue weighted by Crippen LogP contribution is 2.28. The highest BCUT2D eigenvalue weighted by atomic mass is 16.5. The van der Waals surface area contributed by atoms with E-state index in [-0.39, 0.29) is 6.10 Å². The van der Waals surface area contributed by atoms with Crippen molar-refractivity contribution in [1.29, 1.82) is 0 Å². The van der Waals surface area contributed by atoms with Crippen molar-refractivity contribution in [3.63, 3.8) is 0 Å². The standard InChI is InChI=1S/C18H24N6O2/c25-15-10-24(11-15)18-22-16(13-3-7-26-12-13)8-17(23-18)21-6-5-20-14-2-1-4-19-9-14/h1-2,4,8-9,13,15,20,25H,3,5-7,10-12H2,(H,21,22,23)/t13-/m1/s1. The van der Waals surface area contributed by atoms with E-state index in [0.29, 0.717) is 31.6 Å². The summed E-state index contributed by atoms with van der Waals surface area (Å²) in [4.78, 5) is 15.4. The summed E-state index contributed by atoms with van der Waals surface area (Å²) >= 11 is 0. The third-order valence-electron chi connectivity index (χ3n) is 4.65. The quantitative estimate of drug-likeness (QED) is 0.635. The van der Waals surface area contributed by atoms with Crippen LogP contribution in [0.25, 0.3) is 0 Å². The second-order valence-electron chi connectivity index (χ2n) is 6.69. The molecule has 26 heavy (non-hydrogen) atoms. The molecule has 1 atom stereocenters. The minimum atomic E-state index is -0.280. The van der Waals surface area contributed by atoms with E-state index in [9.17, 15) is 5.11 Å². The molecule has 4 rings (SSSR count). The molecule has 138 valence electrons. The SMILES string of the molecule is OC1CN(c2nc(NCCNc3cccnc3)cc([C@@H]3CCOC3)n2)C1. The Balaban J connectivity index is 1.40. The first kappa shape index (κ1) is 17.0. The summed E-state index contributed by atoms with van der Waals surface area (Å²) in [5.41, 5.74) is 2.01. The van der Waals surface area contributed by atoms with Crippen LogP contribution < -0.4 is 15.5 Å². The van der Waals surface area contributed by atoms with Crippen molar-refractivity contribution >= 4 is 17.5 Å². The number of hydrogen-bond acceptors (Lipinski definition) is 8. The molecular formula is C18H24N6O2. The molecule has 2 fully saturated rings. The Morgan fingerprint density at radius 3 is 2.85 bits per heavy atom. The average Bonchev–Trinajstić information content (AvgIpc) is 3.18. The summed E-state index contributed by atoms with van der Waals surface area (Å²) in [6.45, 7) is 4.16. The fraction of sp³-hybridized carbons (Fsp3) is 0.500. The molecule has 0 saturated carbocycles. The van der Waals surface area contributed by atoms with Gasteiger partial charge in [-0.05, 0) is 18.6 Å². The van der Waals surface area contributed by atoms with E-state index < -0.39 is 0 Å². The van der Waals surface area contributed by atoms with E-state index in [1.807, 2.05) is 23.1 Å². The number of anilines is 3. The minimum absolute atomic E-state index is 0.280. The number of aliphatic hydroxyl groups excluding tert-OH is 1. The third-order valence-corrected chi connectivity index (χ3v) is 4.65. The fourth-order valence-corrected chi connectivity index (χ4v) is 3.15. The summed E-state index contributed by atoms with van der Waals surface area (Å²) in [6, 6.07) is 5.91. The number of β-amino-alcohol motifs (C(OH)–C–C–N with tert-alkyl or cyclic N) is 1. The summed E-state index contributed by atoms with van der Waals surface area (Å²) < 4.78 is 5.51. The molecule has 0 aromatic carbocycles. The van der Waals surface area contributed by atoms with Gasteiger partial charge in [-0.3, -0.25) is 4.98 Å². The topological polar surface area (TPSA) is 95.4 Å². The minimum Gasteiger partial charge on any atom is -0.389 e. The second kappa shape index (κ2) is 7.84. The zero-order chi connectivity index (χ0) is 17.8. The van der Waals surface area contributed by atoms with Crippen LogP contribution >= 0.6 is 0 Å². The normalized spacial score (nSPS) is 20.0. The van der Waals surface area contributed by atoms with Gasteiger partial charge in [-0.2, -0.15) is 4.98 Å². The van der Waals surface area contributed by atoms with Gasteiger partial charge in [-0.25, -0.2) is 4.98 Å². The predicted molar refractivity (Wildman–Crippen MR) is 99.6 cm³/mol. The molecule has 2 aliphatic heterocycles. The van der Waals surface area contributed by atoms with Crippen molar-refractivity contribution in [3.05, 3.63) is 36.3 Å². The van der Waals surface area contributed by atoms with E-state index in [1.54, 1.807) is 12.4 Å². The summed E-state index contributed by atoms with van der Waals surface area (Å²) in [6.07, 6.45) is 4.27. The maximum absolute atomic E-state index is 9.57. The number of aliphatic hydroxyl groups is 1. The Morgan fingerprint density at radius 2 is 2.12 bits per heavy atom. The first-order chi connectivity index (χ1) is 12.8. The van der Waals surface area contributed by atoms with Gasteiger partial charge >= 0.3 is 0 Å². The molecule has 2 aromatic heterocycles. The molecule has 0 aliphatic carbocycles. The van der Waals surface area contributed by atoms with Crippen molar-refractivity contribution in [1.82, 2.24) is 15.0 Å². The molecule has 0 bridgehead atoms. The highest BCUT2D eigenvalue weighted by Gasteiger charge is 2.28. The molecule has 8 heteroatoms. The molecule has 8 nitrogen and oxygen atoms in total. The average molecular weight is 356 g/mol. The lowest BCUT2D eigenvalue weighted by atomic mass is 10.0. The van der Waals surface area contributed by atoms with E-state index in [0.717, 1.165) is 43.3 Å². The van der Waals surface area contributed by atoms with Gasteiger partial charge in [0, 0.05) is 57.2 Å². The Kier molecular flexibility index (Phi) is 5.12. The van der Waals surface area contributed by atoms with E-state index in [4.69, 9.17) is 9.72 Å². The first-order valence-electron chi connectivity index (χ1n) is 9.05. The van der Waals surface area contributed by atoms with Crippen LogP contribution in [0, 0.1) is 0 Å². The zero-order valence-corrected chi connectivity index (χ0v) is 14.6. The monoisotopic (exact) mass is 356 g/mol. The molecule has 2 saturated heterocycles. The van der Waals surface area contributed by atoms with Crippen LogP contribution in [0.3, 0.4) is 0 Å². The molecule has 4 heterocycles. The van der Waals surface area contributed by atoms with Crippen molar-refractivity contribution in [2.45, 2.75) is 18.4 Å². The summed E-state index contributed by atoms with van der Waals surface area (Å²) in [5, 5.41) is 16.3. The summed E-state index contributed by atoms with van der Waals surface area (Å²) in [5.74, 6) is 1.81. The highest BCUT2D eigenvalue weighted by molar-refractivity contribution is 5.47. The van der Waals surface area contributed by atoms with Gasteiger partial charge in [0.15, 0.2) is 0 Å². The Labute approximate surface area is 152 Å². The number of nitrogens with zero attached hydrogens (tertiary/aromatic N) is 4. The van der Waals surface area contributed by atoms with Gasteiger partial charge in [0.1, 0.15) is 5.82 Å². The van der Waals surface area contributed by atoms with Gasteiger partial charge < -0.3 is 25.4 Å². The van der Waals surface area contributed by atoms with Crippen molar-refractivity contribution < 1.29 is 9.84 Å². The van der Waals surface area contributed by atoms with E-state index in [2.05, 4.69) is 20.6 Å². The van der Waals surface area contributed by atoms with Crippen molar-refractivity contribution in [2.75, 3.05) is 54.9 Å². The third kappa shape index (κ3) is 4.03. The van der Waals surface area contributed by atoms with Crippen LogP contribution in [0.4, 0.5) is 17.5 Å². The van der Waals surface area contributed by atoms with Crippen LogP contribution in [0.2, 0.25) is 0 Å². The lowest BCUT2D eigenvalue weighted by Gasteiger charge is -2.36. The van der Waals surface area contributed by atoms with Crippen molar-refractivity contribution in [2.24, 2.45) is 0 Å². The largest absolute Gasteiger partial charge is 0.389 e. The lowest BCUT2D eigenvalue weighted by Crippen LogP contribution is -2.51. The number of nitrogens with one attached hydrogen (secondary N) is 2. The molecule has 0 spiro atoms. The molecular weight excluding hydrogens is 332 g/mol. The van der Waals surface area contributed by atoms with Gasteiger partial charge in [0.2, 0.25) is 5.95 Å². The van der Waals surface area contributed by atoms with E-state index >= 15 is 0 Å². The number of ether oxygens (including phenoxy) is 1. The number of aromatic nitrogens is 3. The molecule has 2 aromatic rings. The lowest BCUT2D eigenvalue weighted by molar-refractivity contribution is 0.140. The molecule has 3 N–H and O–H groups in total. The van der Waals surface area contributed by atoms with Gasteiger partial charge in [0.25, 0.3) is 0 Å². The Bertz CT molecular complexity index is 717. The Hall–Kier alpha value is -2.45. The Morgan fingerprint density at radius 1 is 1.23 bits per heavy atom. The summed E-state index contributed by atoms with van der Waals surface area (Å²) in [7, 11) is 0. The molecule has 0 radical (unpaired) electrons. The van der Waals surface area contributed by atoms with Crippen LogP contribution in [0.5, 0.6) is 0 Å². The van der Waals surface area contributed by atoms with Crippen molar-refractivity contribution in [3.8, 4) is 0 Å². The number of hydrogen-bond donors (Lipinski definition) is 3. The molecule has 0 amide bonds. The molecule has 0 unspecified atom stereocenters. The maximum Gasteiger partial charge on any atom is 0.227 e. The second-order valence-corrected chi connectivity index (χ2v) is 6.69. The van der Waals surface area contributed by atoms with Crippen LogP contribution in [-0.4, -0.2) is 65.6 Å². The number of rotatable bonds is 7. The first-order valence-corrected chi connectivity index (χ1v) is 9.05. The van der Waals surface area contributed by atoms with Crippen LogP contribution in [0.15, 0.2) is 30.6 Å². The fourth-order valence-electron chi connectivity index (χ4n) is 3.15. The van der Waals surface area contributed by atoms with Gasteiger partial charge in [-0.15, -0.1) is 0 Å². The van der Waals surface area contributed by atoms with Crippen LogP contribution in [-0.2, 0) is 4.74 Å². The zero-order valence-electron chi connectivity index (χ0n) is 14.6.